The lowest BCUT2D eigenvalue weighted by atomic mass is 9.96. The molecule has 2 aliphatic rings. The summed E-state index contributed by atoms with van der Waals surface area (Å²) in [6, 6.07) is 7.47. The second kappa shape index (κ2) is 9.04. The van der Waals surface area contributed by atoms with Crippen LogP contribution in [0.3, 0.4) is 0 Å². The molecular formula is C22H25F3N4O. The fraction of sp³-hybridized carbons (Fsp3) is 0.455. The molecule has 1 unspecified atom stereocenters. The molecule has 8 heteroatoms. The van der Waals surface area contributed by atoms with E-state index in [1.54, 1.807) is 11.1 Å². The molecule has 2 aromatic rings. The smallest absolute Gasteiger partial charge is 0.254 e. The number of pyridine rings is 1. The Morgan fingerprint density at radius 3 is 2.43 bits per heavy atom. The summed E-state index contributed by atoms with van der Waals surface area (Å²) in [5.41, 5.74) is -0.143. The lowest BCUT2D eigenvalue weighted by Crippen LogP contribution is -2.50. The third-order valence-electron chi connectivity index (χ3n) is 5.90. The largest absolute Gasteiger partial charge is 0.354 e. The van der Waals surface area contributed by atoms with E-state index in [2.05, 4.69) is 14.8 Å². The van der Waals surface area contributed by atoms with Crippen LogP contribution in [-0.4, -0.2) is 66.5 Å². The van der Waals surface area contributed by atoms with E-state index in [-0.39, 0.29) is 5.56 Å². The Morgan fingerprint density at radius 1 is 1.03 bits per heavy atom. The monoisotopic (exact) mass is 418 g/mol. The van der Waals surface area contributed by atoms with Gasteiger partial charge in [0.25, 0.3) is 5.91 Å². The fourth-order valence-corrected chi connectivity index (χ4v) is 4.33. The number of aromatic nitrogens is 1. The number of anilines is 1. The van der Waals surface area contributed by atoms with Crippen molar-refractivity contribution in [3.05, 3.63) is 59.5 Å². The first-order chi connectivity index (χ1) is 14.5. The molecule has 1 aromatic carbocycles. The first-order valence-corrected chi connectivity index (χ1v) is 10.3. The summed E-state index contributed by atoms with van der Waals surface area (Å²) in [6.07, 6.45) is 3.65. The minimum Gasteiger partial charge on any atom is -0.354 e. The molecule has 1 aromatic heterocycles. The summed E-state index contributed by atoms with van der Waals surface area (Å²) < 4.78 is 40.2. The van der Waals surface area contributed by atoms with Crippen molar-refractivity contribution < 1.29 is 18.0 Å². The highest BCUT2D eigenvalue weighted by Crippen LogP contribution is 2.22. The molecule has 1 amide bonds. The normalized spacial score (nSPS) is 20.4. The highest BCUT2D eigenvalue weighted by molar-refractivity contribution is 5.94. The van der Waals surface area contributed by atoms with Crippen molar-refractivity contribution in [2.75, 3.05) is 50.7 Å². The molecule has 0 spiro atoms. The van der Waals surface area contributed by atoms with Crippen LogP contribution in [0, 0.1) is 23.4 Å². The van der Waals surface area contributed by atoms with Crippen molar-refractivity contribution in [3.8, 4) is 0 Å². The molecule has 5 nitrogen and oxygen atoms in total. The van der Waals surface area contributed by atoms with Gasteiger partial charge in [-0.3, -0.25) is 9.69 Å². The zero-order valence-electron chi connectivity index (χ0n) is 16.7. The van der Waals surface area contributed by atoms with Gasteiger partial charge in [0.05, 0.1) is 0 Å². The van der Waals surface area contributed by atoms with Crippen LogP contribution in [0.15, 0.2) is 36.5 Å². The molecule has 2 aliphatic heterocycles. The van der Waals surface area contributed by atoms with Gasteiger partial charge in [0.1, 0.15) is 5.82 Å². The van der Waals surface area contributed by atoms with Gasteiger partial charge in [-0.2, -0.15) is 0 Å². The predicted molar refractivity (Wildman–Crippen MR) is 108 cm³/mol. The molecule has 4 rings (SSSR count). The van der Waals surface area contributed by atoms with Crippen LogP contribution < -0.4 is 4.90 Å². The third-order valence-corrected chi connectivity index (χ3v) is 5.90. The summed E-state index contributed by atoms with van der Waals surface area (Å²) >= 11 is 0. The van der Waals surface area contributed by atoms with Gasteiger partial charge in [0.2, 0.25) is 0 Å². The molecule has 0 saturated carbocycles. The molecule has 2 saturated heterocycles. The van der Waals surface area contributed by atoms with Gasteiger partial charge in [-0.1, -0.05) is 6.07 Å². The Bertz CT molecular complexity index is 864. The topological polar surface area (TPSA) is 39.7 Å². The Balaban J connectivity index is 1.32. The van der Waals surface area contributed by atoms with Crippen LogP contribution in [0.25, 0.3) is 0 Å². The number of hydrogen-bond donors (Lipinski definition) is 0. The lowest BCUT2D eigenvalue weighted by molar-refractivity contribution is 0.0636. The molecule has 0 radical (unpaired) electrons. The number of nitrogens with zero attached hydrogens (tertiary/aromatic N) is 4. The molecule has 2 fully saturated rings. The van der Waals surface area contributed by atoms with Gasteiger partial charge >= 0.3 is 0 Å². The second-order valence-electron chi connectivity index (χ2n) is 7.99. The average molecular weight is 418 g/mol. The van der Waals surface area contributed by atoms with Crippen molar-refractivity contribution in [3.63, 3.8) is 0 Å². The summed E-state index contributed by atoms with van der Waals surface area (Å²) in [6.45, 7) is 5.63. The van der Waals surface area contributed by atoms with E-state index in [9.17, 15) is 18.0 Å². The van der Waals surface area contributed by atoms with Gasteiger partial charge in [-0.25, -0.2) is 18.2 Å². The zero-order chi connectivity index (χ0) is 21.1. The van der Waals surface area contributed by atoms with Crippen LogP contribution in [0.5, 0.6) is 0 Å². The number of carbonyl (C=O) groups is 1. The zero-order valence-corrected chi connectivity index (χ0v) is 16.7. The maximum atomic E-state index is 13.5. The van der Waals surface area contributed by atoms with Gasteiger partial charge in [0.15, 0.2) is 17.5 Å². The summed E-state index contributed by atoms with van der Waals surface area (Å²) in [4.78, 5) is 23.4. The van der Waals surface area contributed by atoms with Gasteiger partial charge in [-0.05, 0) is 43.0 Å². The third kappa shape index (κ3) is 4.59. The first kappa shape index (κ1) is 20.7. The molecule has 0 N–H and O–H groups in total. The van der Waals surface area contributed by atoms with Crippen molar-refractivity contribution in [2.24, 2.45) is 5.92 Å². The Morgan fingerprint density at radius 2 is 1.77 bits per heavy atom. The number of carbonyl (C=O) groups excluding carboxylic acids is 1. The quantitative estimate of drug-likeness (QED) is 0.716. The van der Waals surface area contributed by atoms with E-state index in [1.165, 1.54) is 0 Å². The van der Waals surface area contributed by atoms with E-state index in [0.29, 0.717) is 19.0 Å². The highest BCUT2D eigenvalue weighted by Gasteiger charge is 2.28. The van der Waals surface area contributed by atoms with Crippen LogP contribution in [-0.2, 0) is 0 Å². The minimum absolute atomic E-state index is 0.143. The molecule has 30 heavy (non-hydrogen) atoms. The predicted octanol–water partition coefficient (Wildman–Crippen LogP) is 3.17. The SMILES string of the molecule is O=C(c1cc(F)c(F)c(F)c1)N1CCCC(CN2CCN(c3ccccn3)CC2)C1. The minimum atomic E-state index is -1.55. The number of rotatable bonds is 4. The summed E-state index contributed by atoms with van der Waals surface area (Å²) in [5, 5.41) is 0. The summed E-state index contributed by atoms with van der Waals surface area (Å²) in [7, 11) is 0. The number of amides is 1. The maximum absolute atomic E-state index is 13.5. The van der Waals surface area contributed by atoms with E-state index < -0.39 is 23.4 Å². The molecule has 0 aliphatic carbocycles. The number of benzene rings is 1. The Kier molecular flexibility index (Phi) is 6.22. The van der Waals surface area contributed by atoms with Crippen molar-refractivity contribution >= 4 is 11.7 Å². The number of piperazine rings is 1. The second-order valence-corrected chi connectivity index (χ2v) is 7.99. The number of halogens is 3. The van der Waals surface area contributed by atoms with E-state index >= 15 is 0 Å². The maximum Gasteiger partial charge on any atom is 0.254 e. The van der Waals surface area contributed by atoms with E-state index in [1.807, 2.05) is 18.2 Å². The summed E-state index contributed by atoms with van der Waals surface area (Å²) in [5.74, 6) is -3.37. The molecule has 1 atom stereocenters. The number of piperidine rings is 1. The van der Waals surface area contributed by atoms with E-state index in [4.69, 9.17) is 0 Å². The number of hydrogen-bond acceptors (Lipinski definition) is 4. The Hall–Kier alpha value is -2.61. The van der Waals surface area contributed by atoms with Crippen molar-refractivity contribution in [1.29, 1.82) is 0 Å². The molecule has 3 heterocycles. The first-order valence-electron chi connectivity index (χ1n) is 10.3. The van der Waals surface area contributed by atoms with Crippen LogP contribution >= 0.6 is 0 Å². The van der Waals surface area contributed by atoms with Gasteiger partial charge in [-0.15, -0.1) is 0 Å². The highest BCUT2D eigenvalue weighted by atomic mass is 19.2. The standard InChI is InChI=1S/C22H25F3N4O/c23-18-12-17(13-19(24)21(18)25)22(30)29-7-3-4-16(15-29)14-27-8-10-28(11-9-27)20-5-1-2-6-26-20/h1-2,5-6,12-13,16H,3-4,7-11,14-15H2. The van der Waals surface area contributed by atoms with Crippen molar-refractivity contribution in [2.45, 2.75) is 12.8 Å². The number of likely N-dealkylation sites (tertiary alicyclic amines) is 1. The van der Waals surface area contributed by atoms with Gasteiger partial charge < -0.3 is 9.80 Å². The van der Waals surface area contributed by atoms with Gasteiger partial charge in [0, 0.05) is 57.6 Å². The Labute approximate surface area is 174 Å². The van der Waals surface area contributed by atoms with E-state index in [0.717, 1.165) is 63.5 Å². The van der Waals surface area contributed by atoms with Crippen LogP contribution in [0.4, 0.5) is 19.0 Å². The van der Waals surface area contributed by atoms with Crippen LogP contribution in [0.2, 0.25) is 0 Å². The van der Waals surface area contributed by atoms with Crippen molar-refractivity contribution in [1.82, 2.24) is 14.8 Å². The molecule has 160 valence electrons. The lowest BCUT2D eigenvalue weighted by Gasteiger charge is -2.39. The molecule has 0 bridgehead atoms. The van der Waals surface area contributed by atoms with Crippen LogP contribution in [0.1, 0.15) is 23.2 Å². The molecular weight excluding hydrogens is 393 g/mol. The average Bonchev–Trinajstić information content (AvgIpc) is 2.78. The fourth-order valence-electron chi connectivity index (χ4n) is 4.33.